The second kappa shape index (κ2) is 7.79. The molecule has 0 saturated heterocycles. The predicted molar refractivity (Wildman–Crippen MR) is 81.1 cm³/mol. The molecule has 6 nitrogen and oxygen atoms in total. The molecule has 0 spiro atoms. The quantitative estimate of drug-likeness (QED) is 0.664. The fraction of sp³-hybridized carbons (Fsp3) is 0.500. The summed E-state index contributed by atoms with van der Waals surface area (Å²) in [5.41, 5.74) is 1.74. The van der Waals surface area contributed by atoms with E-state index in [1.165, 1.54) is 0 Å². The lowest BCUT2D eigenvalue weighted by Gasteiger charge is -2.26. The standard InChI is InChI=1S/C16H22N2O4/c19-10-12-3-1-2-11(8-12)9-17-16(22)18-14-6-4-13(5-7-14)15(20)21/h1-3,8,13-14,19H,4-7,9-10H2,(H,20,21)(H2,17,18,22). The van der Waals surface area contributed by atoms with Gasteiger partial charge in [0, 0.05) is 12.6 Å². The molecule has 0 bridgehead atoms. The zero-order chi connectivity index (χ0) is 15.9. The molecule has 0 aromatic heterocycles. The third-order valence-corrected chi connectivity index (χ3v) is 4.04. The number of rotatable bonds is 5. The highest BCUT2D eigenvalue weighted by atomic mass is 16.4. The van der Waals surface area contributed by atoms with Gasteiger partial charge in [-0.1, -0.05) is 24.3 Å². The van der Waals surface area contributed by atoms with E-state index in [2.05, 4.69) is 10.6 Å². The number of carboxylic acid groups (broad SMARTS) is 1. The highest BCUT2D eigenvalue weighted by Gasteiger charge is 2.26. The lowest BCUT2D eigenvalue weighted by molar-refractivity contribution is -0.142. The average Bonchev–Trinajstić information content (AvgIpc) is 2.53. The first kappa shape index (κ1) is 16.3. The number of aliphatic hydroxyl groups excluding tert-OH is 1. The van der Waals surface area contributed by atoms with Crippen molar-refractivity contribution in [3.63, 3.8) is 0 Å². The number of nitrogens with one attached hydrogen (secondary N) is 2. The lowest BCUT2D eigenvalue weighted by atomic mass is 9.86. The minimum Gasteiger partial charge on any atom is -0.481 e. The van der Waals surface area contributed by atoms with Gasteiger partial charge in [-0.15, -0.1) is 0 Å². The monoisotopic (exact) mass is 306 g/mol. The summed E-state index contributed by atoms with van der Waals surface area (Å²) < 4.78 is 0. The molecule has 2 rings (SSSR count). The lowest BCUT2D eigenvalue weighted by Crippen LogP contribution is -2.43. The second-order valence-electron chi connectivity index (χ2n) is 5.69. The summed E-state index contributed by atoms with van der Waals surface area (Å²) in [6.45, 7) is 0.372. The number of carbonyl (C=O) groups is 2. The van der Waals surface area contributed by atoms with Crippen LogP contribution in [0.1, 0.15) is 36.8 Å². The molecule has 1 aromatic rings. The van der Waals surface area contributed by atoms with E-state index in [0.29, 0.717) is 32.2 Å². The molecule has 0 aliphatic heterocycles. The molecule has 1 aromatic carbocycles. The Labute approximate surface area is 129 Å². The summed E-state index contributed by atoms with van der Waals surface area (Å²) in [4.78, 5) is 22.7. The Hall–Kier alpha value is -2.08. The first-order valence-corrected chi connectivity index (χ1v) is 7.54. The van der Waals surface area contributed by atoms with Gasteiger partial charge in [0.2, 0.25) is 0 Å². The van der Waals surface area contributed by atoms with Gasteiger partial charge < -0.3 is 20.8 Å². The molecular formula is C16H22N2O4. The molecule has 2 amide bonds. The zero-order valence-corrected chi connectivity index (χ0v) is 12.4. The Balaban J connectivity index is 1.73. The Morgan fingerprint density at radius 2 is 1.82 bits per heavy atom. The summed E-state index contributed by atoms with van der Waals surface area (Å²) in [6, 6.07) is 7.20. The molecule has 1 fully saturated rings. The van der Waals surface area contributed by atoms with Crippen molar-refractivity contribution in [2.45, 2.75) is 44.9 Å². The topological polar surface area (TPSA) is 98.7 Å². The molecule has 0 heterocycles. The van der Waals surface area contributed by atoms with Crippen molar-refractivity contribution in [2.75, 3.05) is 0 Å². The number of carboxylic acids is 1. The summed E-state index contributed by atoms with van der Waals surface area (Å²) in [6.07, 6.45) is 2.62. The van der Waals surface area contributed by atoms with Crippen LogP contribution in [-0.4, -0.2) is 28.3 Å². The average molecular weight is 306 g/mol. The Morgan fingerprint density at radius 1 is 1.14 bits per heavy atom. The number of amides is 2. The van der Waals surface area contributed by atoms with E-state index in [1.54, 1.807) is 0 Å². The van der Waals surface area contributed by atoms with E-state index in [0.717, 1.165) is 11.1 Å². The molecule has 120 valence electrons. The van der Waals surface area contributed by atoms with Crippen LogP contribution in [0.15, 0.2) is 24.3 Å². The maximum absolute atomic E-state index is 11.9. The smallest absolute Gasteiger partial charge is 0.315 e. The van der Waals surface area contributed by atoms with Crippen molar-refractivity contribution in [1.29, 1.82) is 0 Å². The van der Waals surface area contributed by atoms with Crippen LogP contribution >= 0.6 is 0 Å². The number of urea groups is 1. The molecule has 6 heteroatoms. The molecule has 22 heavy (non-hydrogen) atoms. The maximum atomic E-state index is 11.9. The third kappa shape index (κ3) is 4.73. The number of hydrogen-bond donors (Lipinski definition) is 4. The van der Waals surface area contributed by atoms with E-state index in [4.69, 9.17) is 10.2 Å². The van der Waals surface area contributed by atoms with E-state index in [-0.39, 0.29) is 24.6 Å². The SMILES string of the molecule is O=C(NCc1cccc(CO)c1)NC1CCC(C(=O)O)CC1. The minimum absolute atomic E-state index is 0.0210. The van der Waals surface area contributed by atoms with Gasteiger partial charge in [0.25, 0.3) is 0 Å². The minimum atomic E-state index is -0.744. The number of aliphatic carboxylic acids is 1. The second-order valence-corrected chi connectivity index (χ2v) is 5.69. The van der Waals surface area contributed by atoms with Crippen LogP contribution in [0.2, 0.25) is 0 Å². The molecule has 0 atom stereocenters. The van der Waals surface area contributed by atoms with Crippen molar-refractivity contribution in [3.8, 4) is 0 Å². The fourth-order valence-electron chi connectivity index (χ4n) is 2.74. The maximum Gasteiger partial charge on any atom is 0.315 e. The number of carbonyl (C=O) groups excluding carboxylic acids is 1. The number of benzene rings is 1. The van der Waals surface area contributed by atoms with Crippen LogP contribution < -0.4 is 10.6 Å². The van der Waals surface area contributed by atoms with Gasteiger partial charge in [0.1, 0.15) is 0 Å². The van der Waals surface area contributed by atoms with Crippen LogP contribution in [0.25, 0.3) is 0 Å². The van der Waals surface area contributed by atoms with Crippen LogP contribution in [0.4, 0.5) is 4.79 Å². The molecule has 0 unspecified atom stereocenters. The molecular weight excluding hydrogens is 284 g/mol. The molecule has 1 aliphatic carbocycles. The van der Waals surface area contributed by atoms with Gasteiger partial charge in [0.15, 0.2) is 0 Å². The highest BCUT2D eigenvalue weighted by Crippen LogP contribution is 2.24. The van der Waals surface area contributed by atoms with Crippen molar-refractivity contribution in [3.05, 3.63) is 35.4 Å². The van der Waals surface area contributed by atoms with Crippen molar-refractivity contribution in [1.82, 2.24) is 10.6 Å². The first-order valence-electron chi connectivity index (χ1n) is 7.54. The van der Waals surface area contributed by atoms with Gasteiger partial charge in [-0.25, -0.2) is 4.79 Å². The molecule has 1 saturated carbocycles. The Bertz CT molecular complexity index is 525. The summed E-state index contributed by atoms with van der Waals surface area (Å²) in [5, 5.41) is 23.7. The van der Waals surface area contributed by atoms with Crippen LogP contribution in [-0.2, 0) is 17.9 Å². The van der Waals surface area contributed by atoms with Gasteiger partial charge in [-0.05, 0) is 36.8 Å². The van der Waals surface area contributed by atoms with E-state index < -0.39 is 5.97 Å². The Kier molecular flexibility index (Phi) is 5.77. The zero-order valence-electron chi connectivity index (χ0n) is 12.4. The first-order chi connectivity index (χ1) is 10.6. The van der Waals surface area contributed by atoms with Gasteiger partial charge in [0.05, 0.1) is 12.5 Å². The number of aliphatic hydroxyl groups is 1. The van der Waals surface area contributed by atoms with Crippen LogP contribution in [0.3, 0.4) is 0 Å². The Morgan fingerprint density at radius 3 is 2.45 bits per heavy atom. The number of hydrogen-bond acceptors (Lipinski definition) is 3. The normalized spacial score (nSPS) is 21.1. The predicted octanol–water partition coefficient (Wildman–Crippen LogP) is 1.62. The third-order valence-electron chi connectivity index (χ3n) is 4.04. The van der Waals surface area contributed by atoms with E-state index in [1.807, 2.05) is 24.3 Å². The fourth-order valence-corrected chi connectivity index (χ4v) is 2.74. The molecule has 1 aliphatic rings. The highest BCUT2D eigenvalue weighted by molar-refractivity contribution is 5.74. The van der Waals surface area contributed by atoms with E-state index >= 15 is 0 Å². The molecule has 4 N–H and O–H groups in total. The summed E-state index contributed by atoms with van der Waals surface area (Å²) in [7, 11) is 0. The van der Waals surface area contributed by atoms with Crippen molar-refractivity contribution < 1.29 is 19.8 Å². The van der Waals surface area contributed by atoms with Crippen LogP contribution in [0, 0.1) is 5.92 Å². The van der Waals surface area contributed by atoms with Gasteiger partial charge >= 0.3 is 12.0 Å². The molecule has 0 radical (unpaired) electrons. The van der Waals surface area contributed by atoms with E-state index in [9.17, 15) is 9.59 Å². The van der Waals surface area contributed by atoms with Crippen molar-refractivity contribution >= 4 is 12.0 Å². The van der Waals surface area contributed by atoms with Crippen molar-refractivity contribution in [2.24, 2.45) is 5.92 Å². The van der Waals surface area contributed by atoms with Crippen LogP contribution in [0.5, 0.6) is 0 Å². The summed E-state index contributed by atoms with van der Waals surface area (Å²) >= 11 is 0. The summed E-state index contributed by atoms with van der Waals surface area (Å²) in [5.74, 6) is -1.02. The van der Waals surface area contributed by atoms with Gasteiger partial charge in [-0.3, -0.25) is 4.79 Å². The van der Waals surface area contributed by atoms with Gasteiger partial charge in [-0.2, -0.15) is 0 Å². The largest absolute Gasteiger partial charge is 0.481 e.